The van der Waals surface area contributed by atoms with Gasteiger partial charge in [-0.1, -0.05) is 38.1 Å². The van der Waals surface area contributed by atoms with Gasteiger partial charge >= 0.3 is 13.1 Å². The number of anilines is 1. The highest BCUT2D eigenvalue weighted by atomic mass is 16.7. The van der Waals surface area contributed by atoms with E-state index in [1.165, 1.54) is 0 Å². The third-order valence-electron chi connectivity index (χ3n) is 10.7. The summed E-state index contributed by atoms with van der Waals surface area (Å²) in [5.41, 5.74) is 2.77. The Morgan fingerprint density at radius 1 is 1.08 bits per heavy atom. The second-order valence-corrected chi connectivity index (χ2v) is 15.4. The van der Waals surface area contributed by atoms with Crippen LogP contribution in [0.1, 0.15) is 86.2 Å². The Bertz CT molecular complexity index is 1640. The van der Waals surface area contributed by atoms with Crippen molar-refractivity contribution in [3.05, 3.63) is 89.2 Å². The maximum atomic E-state index is 13.9. The number of esters is 1. The zero-order chi connectivity index (χ0) is 34.4. The molecule has 1 N–H and O–H groups in total. The number of carbonyl (C=O) groups is 2. The van der Waals surface area contributed by atoms with E-state index in [-0.39, 0.29) is 17.4 Å². The number of rotatable bonds is 10. The van der Waals surface area contributed by atoms with Gasteiger partial charge in [0.2, 0.25) is 0 Å². The summed E-state index contributed by atoms with van der Waals surface area (Å²) >= 11 is 0. The second-order valence-electron chi connectivity index (χ2n) is 15.4. The summed E-state index contributed by atoms with van der Waals surface area (Å²) in [5.74, 6) is 0.128. The van der Waals surface area contributed by atoms with Crippen LogP contribution in [-0.4, -0.2) is 61.4 Å². The number of amides is 1. The van der Waals surface area contributed by atoms with Gasteiger partial charge in [-0.05, 0) is 106 Å². The number of pyridine rings is 1. The van der Waals surface area contributed by atoms with Crippen molar-refractivity contribution in [3.63, 3.8) is 0 Å². The van der Waals surface area contributed by atoms with E-state index < -0.39 is 30.2 Å². The molecule has 4 aliphatic rings. The number of nitrogens with one attached hydrogen (secondary N) is 1. The summed E-state index contributed by atoms with van der Waals surface area (Å²) in [6.45, 7) is 13.0. The smallest absolute Gasteiger partial charge is 0.482 e. The van der Waals surface area contributed by atoms with E-state index in [9.17, 15) is 9.59 Å². The van der Waals surface area contributed by atoms with Crippen molar-refractivity contribution in [1.29, 1.82) is 0 Å². The molecule has 7 rings (SSSR count). The van der Waals surface area contributed by atoms with Crippen molar-refractivity contribution in [2.75, 3.05) is 19.1 Å². The molecule has 9 nitrogen and oxygen atoms in total. The molecule has 10 heteroatoms. The molecule has 1 amide bonds. The molecule has 1 saturated heterocycles. The van der Waals surface area contributed by atoms with E-state index >= 15 is 0 Å². The molecule has 5 unspecified atom stereocenters. The lowest BCUT2D eigenvalue weighted by atomic mass is 9.43. The van der Waals surface area contributed by atoms with E-state index in [0.29, 0.717) is 41.7 Å². The zero-order valence-electron chi connectivity index (χ0n) is 29.4. The van der Waals surface area contributed by atoms with Gasteiger partial charge in [-0.2, -0.15) is 0 Å². The molecule has 1 aliphatic heterocycles. The van der Waals surface area contributed by atoms with Gasteiger partial charge in [-0.25, -0.2) is 4.79 Å². The fourth-order valence-corrected chi connectivity index (χ4v) is 7.96. The molecule has 0 spiro atoms. The van der Waals surface area contributed by atoms with E-state index in [4.69, 9.17) is 18.8 Å². The fourth-order valence-electron chi connectivity index (χ4n) is 7.96. The highest BCUT2D eigenvalue weighted by molar-refractivity contribution is 6.48. The third-order valence-corrected chi connectivity index (χ3v) is 10.7. The predicted molar refractivity (Wildman–Crippen MR) is 186 cm³/mol. The lowest BCUT2D eigenvalue weighted by Gasteiger charge is -2.64. The first-order valence-corrected chi connectivity index (χ1v) is 16.9. The Morgan fingerprint density at radius 2 is 1.83 bits per heavy atom. The molecule has 3 saturated carbocycles. The van der Waals surface area contributed by atoms with Crippen LogP contribution < -0.4 is 15.0 Å². The molecular formula is C38H48BN3O6. The molecule has 4 fully saturated rings. The number of para-hydroxylation sites is 1. The number of nitrogens with zero attached hydrogens (tertiary/aromatic N) is 2. The molecule has 3 aromatic rings. The number of methoxy groups -OCH3 is 1. The fraction of sp³-hybridized carbons (Fsp3) is 0.500. The summed E-state index contributed by atoms with van der Waals surface area (Å²) in [6.07, 6.45) is 5.92. The number of aromatic nitrogens is 1. The highest BCUT2D eigenvalue weighted by Crippen LogP contribution is 2.65. The molecule has 48 heavy (non-hydrogen) atoms. The molecule has 254 valence electrons. The first-order chi connectivity index (χ1) is 22.7. The number of ether oxygens (including phenoxy) is 2. The van der Waals surface area contributed by atoms with Gasteiger partial charge in [0.05, 0.1) is 36.6 Å². The predicted octanol–water partition coefficient (Wildman–Crippen LogP) is 6.29. The summed E-state index contributed by atoms with van der Waals surface area (Å²) in [5, 5.41) is 3.24. The quantitative estimate of drug-likeness (QED) is 0.202. The SMILES string of the molecule is COc1c(CC(NC(=O)c2ccc(CN(C)c3cccnc3)cc2)B2OC3CC4CC(C4(C)C)C3(C)O2)cccc1C(=O)OC(C)(C)C. The minimum atomic E-state index is -0.679. The number of hydrogen-bond donors (Lipinski definition) is 1. The third kappa shape index (κ3) is 6.57. The van der Waals surface area contributed by atoms with Crippen LogP contribution >= 0.6 is 0 Å². The van der Waals surface area contributed by atoms with Gasteiger partial charge in [0.1, 0.15) is 16.9 Å². The Balaban J connectivity index is 1.25. The van der Waals surface area contributed by atoms with Crippen molar-refractivity contribution in [2.45, 2.75) is 90.6 Å². The van der Waals surface area contributed by atoms with Gasteiger partial charge in [-0.15, -0.1) is 0 Å². The second kappa shape index (κ2) is 12.9. The van der Waals surface area contributed by atoms with Crippen LogP contribution in [0.15, 0.2) is 67.0 Å². The average Bonchev–Trinajstić information content (AvgIpc) is 3.41. The summed E-state index contributed by atoms with van der Waals surface area (Å²) in [6, 6.07) is 17.0. The first-order valence-electron chi connectivity index (χ1n) is 16.9. The molecule has 1 aromatic heterocycles. The van der Waals surface area contributed by atoms with Crippen molar-refractivity contribution in [2.24, 2.45) is 17.3 Å². The zero-order valence-corrected chi connectivity index (χ0v) is 29.4. The van der Waals surface area contributed by atoms with Crippen molar-refractivity contribution >= 4 is 24.7 Å². The van der Waals surface area contributed by atoms with Gasteiger partial charge in [0, 0.05) is 25.4 Å². The van der Waals surface area contributed by atoms with E-state index in [1.54, 1.807) is 19.4 Å². The Morgan fingerprint density at radius 3 is 2.48 bits per heavy atom. The Hall–Kier alpha value is -3.89. The van der Waals surface area contributed by atoms with Crippen LogP contribution in [0.5, 0.6) is 5.75 Å². The topological polar surface area (TPSA) is 99.2 Å². The maximum absolute atomic E-state index is 13.9. The standard InChI is InChI=1S/C38H48BN3O6/c1-36(2,3)46-35(44)29-13-9-11-26(33(29)45-8)19-32(39-47-31-21-27-20-30(37(27,4)5)38(31,6)48-39)41-34(43)25-16-14-24(15-17-25)23-42(7)28-12-10-18-40-22-28/h9-18,22,27,30-32H,19-21,23H2,1-8H3,(H,41,43). The van der Waals surface area contributed by atoms with Crippen LogP contribution in [0.3, 0.4) is 0 Å². The minimum absolute atomic E-state index is 0.0511. The van der Waals surface area contributed by atoms with Crippen molar-refractivity contribution in [1.82, 2.24) is 10.3 Å². The summed E-state index contributed by atoms with van der Waals surface area (Å²) < 4.78 is 25.0. The van der Waals surface area contributed by atoms with Gasteiger partial charge in [0.15, 0.2) is 0 Å². The van der Waals surface area contributed by atoms with Gasteiger partial charge in [-0.3, -0.25) is 9.78 Å². The number of hydrogen-bond acceptors (Lipinski definition) is 8. The van der Waals surface area contributed by atoms with E-state index in [0.717, 1.165) is 29.7 Å². The van der Waals surface area contributed by atoms with Crippen molar-refractivity contribution in [3.8, 4) is 5.75 Å². The number of benzene rings is 2. The molecule has 0 radical (unpaired) electrons. The summed E-state index contributed by atoms with van der Waals surface area (Å²) in [4.78, 5) is 33.3. The van der Waals surface area contributed by atoms with E-state index in [1.807, 2.05) is 82.5 Å². The number of carbonyl (C=O) groups excluding carboxylic acids is 2. The lowest BCUT2D eigenvalue weighted by Crippen LogP contribution is -2.65. The maximum Gasteiger partial charge on any atom is 0.482 e. The monoisotopic (exact) mass is 653 g/mol. The molecule has 3 aliphatic carbocycles. The van der Waals surface area contributed by atoms with E-state index in [2.05, 4.69) is 36.0 Å². The van der Waals surface area contributed by atoms with Crippen LogP contribution in [0.4, 0.5) is 5.69 Å². The average molecular weight is 654 g/mol. The normalized spacial score (nSPS) is 24.6. The summed E-state index contributed by atoms with van der Waals surface area (Å²) in [7, 11) is 2.88. The largest absolute Gasteiger partial charge is 0.496 e. The van der Waals surface area contributed by atoms with Crippen LogP contribution in [0, 0.1) is 17.3 Å². The van der Waals surface area contributed by atoms with Crippen molar-refractivity contribution < 1.29 is 28.4 Å². The lowest BCUT2D eigenvalue weighted by molar-refractivity contribution is -0.199. The highest BCUT2D eigenvalue weighted by Gasteiger charge is 2.68. The van der Waals surface area contributed by atoms with Crippen LogP contribution in [-0.2, 0) is 27.0 Å². The molecule has 2 aromatic carbocycles. The minimum Gasteiger partial charge on any atom is -0.496 e. The first kappa shape index (κ1) is 34.0. The van der Waals surface area contributed by atoms with Crippen LogP contribution in [0.25, 0.3) is 0 Å². The molecule has 2 heterocycles. The Labute approximate surface area is 284 Å². The van der Waals surface area contributed by atoms with Gasteiger partial charge < -0.3 is 29.0 Å². The van der Waals surface area contributed by atoms with Gasteiger partial charge in [0.25, 0.3) is 5.91 Å². The molecule has 2 bridgehead atoms. The molecular weight excluding hydrogens is 605 g/mol. The molecule has 5 atom stereocenters. The Kier molecular flexibility index (Phi) is 9.11. The van der Waals surface area contributed by atoms with Crippen LogP contribution in [0.2, 0.25) is 0 Å².